The molecule has 2 N–H and O–H groups in total. The zero-order valence-corrected chi connectivity index (χ0v) is 11.6. The van der Waals surface area contributed by atoms with Crippen LogP contribution in [-0.4, -0.2) is 48.8 Å². The molecule has 17 heavy (non-hydrogen) atoms. The molecule has 0 spiro atoms. The van der Waals surface area contributed by atoms with Crippen molar-refractivity contribution in [3.05, 3.63) is 0 Å². The van der Waals surface area contributed by atoms with Crippen LogP contribution < -0.4 is 5.32 Å². The van der Waals surface area contributed by atoms with E-state index in [-0.39, 0.29) is 0 Å². The van der Waals surface area contributed by atoms with Gasteiger partial charge in [0.1, 0.15) is 0 Å². The molecule has 1 aliphatic carbocycles. The van der Waals surface area contributed by atoms with E-state index >= 15 is 0 Å². The van der Waals surface area contributed by atoms with Gasteiger partial charge in [0, 0.05) is 19.1 Å². The van der Waals surface area contributed by atoms with Crippen LogP contribution in [0.4, 0.5) is 0 Å². The standard InChI is InChI=1S/C14H30N2O/c1-3-15-11-13(2)12-16(9-10-17)14-7-5-4-6-8-14/h13-15,17H,3-12H2,1-2H3. The van der Waals surface area contributed by atoms with Gasteiger partial charge in [-0.3, -0.25) is 4.90 Å². The van der Waals surface area contributed by atoms with E-state index in [0.717, 1.165) is 32.2 Å². The predicted molar refractivity (Wildman–Crippen MR) is 73.2 cm³/mol. The van der Waals surface area contributed by atoms with Crippen LogP contribution >= 0.6 is 0 Å². The molecule has 0 saturated heterocycles. The highest BCUT2D eigenvalue weighted by atomic mass is 16.3. The van der Waals surface area contributed by atoms with Gasteiger partial charge in [0.15, 0.2) is 0 Å². The second kappa shape index (κ2) is 8.90. The summed E-state index contributed by atoms with van der Waals surface area (Å²) in [5.74, 6) is 0.670. The molecule has 1 fully saturated rings. The molecule has 1 atom stereocenters. The Morgan fingerprint density at radius 2 is 2.00 bits per heavy atom. The Bertz CT molecular complexity index is 181. The van der Waals surface area contributed by atoms with E-state index in [2.05, 4.69) is 24.1 Å². The molecule has 1 unspecified atom stereocenters. The Balaban J connectivity index is 2.35. The van der Waals surface area contributed by atoms with Crippen LogP contribution in [0, 0.1) is 5.92 Å². The summed E-state index contributed by atoms with van der Waals surface area (Å²) in [6.45, 7) is 8.86. The summed E-state index contributed by atoms with van der Waals surface area (Å²) in [6.07, 6.45) is 6.79. The maximum Gasteiger partial charge on any atom is 0.0558 e. The molecular weight excluding hydrogens is 212 g/mol. The van der Waals surface area contributed by atoms with Crippen LogP contribution in [0.25, 0.3) is 0 Å². The highest BCUT2D eigenvalue weighted by molar-refractivity contribution is 4.77. The smallest absolute Gasteiger partial charge is 0.0558 e. The average molecular weight is 242 g/mol. The van der Waals surface area contributed by atoms with Gasteiger partial charge in [-0.15, -0.1) is 0 Å². The first-order valence-electron chi connectivity index (χ1n) is 7.33. The topological polar surface area (TPSA) is 35.5 Å². The maximum atomic E-state index is 9.20. The third kappa shape index (κ3) is 5.84. The van der Waals surface area contributed by atoms with Gasteiger partial charge in [0.05, 0.1) is 6.61 Å². The van der Waals surface area contributed by atoms with Gasteiger partial charge in [-0.05, 0) is 31.8 Å². The molecule has 0 aliphatic heterocycles. The summed E-state index contributed by atoms with van der Waals surface area (Å²) in [6, 6.07) is 0.722. The maximum absolute atomic E-state index is 9.20. The van der Waals surface area contributed by atoms with Crippen molar-refractivity contribution in [1.29, 1.82) is 0 Å². The molecule has 3 nitrogen and oxygen atoms in total. The van der Waals surface area contributed by atoms with Crippen molar-refractivity contribution in [3.8, 4) is 0 Å². The van der Waals surface area contributed by atoms with Crippen LogP contribution in [0.3, 0.4) is 0 Å². The van der Waals surface area contributed by atoms with Crippen LogP contribution in [0.1, 0.15) is 46.0 Å². The van der Waals surface area contributed by atoms with Gasteiger partial charge in [-0.1, -0.05) is 33.1 Å². The van der Waals surface area contributed by atoms with Crippen molar-refractivity contribution < 1.29 is 5.11 Å². The molecule has 1 saturated carbocycles. The van der Waals surface area contributed by atoms with Crippen molar-refractivity contribution in [2.24, 2.45) is 5.92 Å². The van der Waals surface area contributed by atoms with E-state index in [1.807, 2.05) is 0 Å². The van der Waals surface area contributed by atoms with E-state index in [0.29, 0.717) is 12.5 Å². The van der Waals surface area contributed by atoms with E-state index < -0.39 is 0 Å². The van der Waals surface area contributed by atoms with Gasteiger partial charge in [0.2, 0.25) is 0 Å². The van der Waals surface area contributed by atoms with Gasteiger partial charge in [0.25, 0.3) is 0 Å². The summed E-state index contributed by atoms with van der Waals surface area (Å²) < 4.78 is 0. The zero-order chi connectivity index (χ0) is 12.5. The average Bonchev–Trinajstić information content (AvgIpc) is 2.37. The number of aliphatic hydroxyl groups is 1. The number of aliphatic hydroxyl groups excluding tert-OH is 1. The second-order valence-corrected chi connectivity index (χ2v) is 5.42. The predicted octanol–water partition coefficient (Wildman–Crippen LogP) is 1.86. The van der Waals surface area contributed by atoms with Crippen molar-refractivity contribution in [2.45, 2.75) is 52.0 Å². The molecule has 1 rings (SSSR count). The van der Waals surface area contributed by atoms with Gasteiger partial charge in [-0.2, -0.15) is 0 Å². The summed E-state index contributed by atoms with van der Waals surface area (Å²) in [5, 5.41) is 12.6. The van der Waals surface area contributed by atoms with Crippen molar-refractivity contribution >= 4 is 0 Å². The third-order valence-corrected chi connectivity index (χ3v) is 3.77. The lowest BCUT2D eigenvalue weighted by atomic mass is 9.93. The minimum Gasteiger partial charge on any atom is -0.395 e. The lowest BCUT2D eigenvalue weighted by molar-refractivity contribution is 0.109. The monoisotopic (exact) mass is 242 g/mol. The highest BCUT2D eigenvalue weighted by Gasteiger charge is 2.21. The Hall–Kier alpha value is -0.120. The number of rotatable bonds is 8. The Kier molecular flexibility index (Phi) is 7.82. The fourth-order valence-corrected chi connectivity index (χ4v) is 2.85. The molecule has 0 amide bonds. The minimum atomic E-state index is 0.296. The van der Waals surface area contributed by atoms with Crippen LogP contribution in [0.15, 0.2) is 0 Å². The molecular formula is C14H30N2O. The first-order chi connectivity index (χ1) is 8.27. The normalized spacial score (nSPS) is 19.8. The van der Waals surface area contributed by atoms with Crippen molar-refractivity contribution in [3.63, 3.8) is 0 Å². The van der Waals surface area contributed by atoms with Gasteiger partial charge >= 0.3 is 0 Å². The summed E-state index contributed by atoms with van der Waals surface area (Å²) >= 11 is 0. The van der Waals surface area contributed by atoms with Crippen LogP contribution in [0.2, 0.25) is 0 Å². The Morgan fingerprint density at radius 3 is 2.59 bits per heavy atom. The molecule has 0 aromatic carbocycles. The minimum absolute atomic E-state index is 0.296. The summed E-state index contributed by atoms with van der Waals surface area (Å²) in [7, 11) is 0. The van der Waals surface area contributed by atoms with Crippen molar-refractivity contribution in [2.75, 3.05) is 32.8 Å². The molecule has 0 aromatic rings. The number of hydrogen-bond donors (Lipinski definition) is 2. The van der Waals surface area contributed by atoms with Crippen LogP contribution in [0.5, 0.6) is 0 Å². The van der Waals surface area contributed by atoms with Gasteiger partial charge in [-0.25, -0.2) is 0 Å². The lowest BCUT2D eigenvalue weighted by Crippen LogP contribution is -2.42. The van der Waals surface area contributed by atoms with E-state index in [1.165, 1.54) is 32.1 Å². The van der Waals surface area contributed by atoms with E-state index in [1.54, 1.807) is 0 Å². The molecule has 0 bridgehead atoms. The highest BCUT2D eigenvalue weighted by Crippen LogP contribution is 2.23. The fourth-order valence-electron chi connectivity index (χ4n) is 2.85. The molecule has 102 valence electrons. The van der Waals surface area contributed by atoms with E-state index in [9.17, 15) is 5.11 Å². The van der Waals surface area contributed by atoms with E-state index in [4.69, 9.17) is 0 Å². The summed E-state index contributed by atoms with van der Waals surface area (Å²) in [4.78, 5) is 2.52. The zero-order valence-electron chi connectivity index (χ0n) is 11.6. The molecule has 0 heterocycles. The fraction of sp³-hybridized carbons (Fsp3) is 1.00. The first-order valence-corrected chi connectivity index (χ1v) is 7.33. The SMILES string of the molecule is CCNCC(C)CN(CCO)C1CCCCC1. The molecule has 3 heteroatoms. The lowest BCUT2D eigenvalue weighted by Gasteiger charge is -2.35. The van der Waals surface area contributed by atoms with Gasteiger partial charge < -0.3 is 10.4 Å². The quantitative estimate of drug-likeness (QED) is 0.682. The Labute approximate surface area is 107 Å². The van der Waals surface area contributed by atoms with Crippen LogP contribution in [-0.2, 0) is 0 Å². The summed E-state index contributed by atoms with van der Waals surface area (Å²) in [5.41, 5.74) is 0. The molecule has 0 aromatic heterocycles. The number of hydrogen-bond acceptors (Lipinski definition) is 3. The number of nitrogens with zero attached hydrogens (tertiary/aromatic N) is 1. The molecule has 0 radical (unpaired) electrons. The molecule has 1 aliphatic rings. The van der Waals surface area contributed by atoms with Crippen molar-refractivity contribution in [1.82, 2.24) is 10.2 Å². The first kappa shape index (κ1) is 14.9. The largest absolute Gasteiger partial charge is 0.395 e. The third-order valence-electron chi connectivity index (χ3n) is 3.77. The second-order valence-electron chi connectivity index (χ2n) is 5.42. The number of nitrogens with one attached hydrogen (secondary N) is 1. The Morgan fingerprint density at radius 1 is 1.29 bits per heavy atom.